The van der Waals surface area contributed by atoms with E-state index in [9.17, 15) is 9.59 Å². The fourth-order valence-corrected chi connectivity index (χ4v) is 3.72. The van der Waals surface area contributed by atoms with Gasteiger partial charge in [-0.1, -0.05) is 12.1 Å². The topological polar surface area (TPSA) is 76.7 Å². The summed E-state index contributed by atoms with van der Waals surface area (Å²) >= 11 is 0. The maximum absolute atomic E-state index is 12.4. The van der Waals surface area contributed by atoms with Crippen LogP contribution in [0.25, 0.3) is 0 Å². The molecule has 2 aliphatic rings. The predicted molar refractivity (Wildman–Crippen MR) is 97.7 cm³/mol. The highest BCUT2D eigenvalue weighted by atomic mass is 16.5. The number of hydrogen-bond donors (Lipinski definition) is 2. The highest BCUT2D eigenvalue weighted by molar-refractivity contribution is 5.82. The van der Waals surface area contributed by atoms with Gasteiger partial charge in [0, 0.05) is 18.9 Å². The predicted octanol–water partition coefficient (Wildman–Crippen LogP) is 2.02. The second kappa shape index (κ2) is 8.54. The van der Waals surface area contributed by atoms with Crippen molar-refractivity contribution in [3.05, 3.63) is 29.8 Å². The van der Waals surface area contributed by atoms with E-state index in [4.69, 9.17) is 4.74 Å². The molecule has 6 heteroatoms. The number of benzene rings is 1. The molecule has 0 bridgehead atoms. The Balaban J connectivity index is 1.36. The lowest BCUT2D eigenvalue weighted by Gasteiger charge is -2.23. The second-order valence-electron chi connectivity index (χ2n) is 7.26. The van der Waals surface area contributed by atoms with Crippen molar-refractivity contribution in [2.75, 3.05) is 26.8 Å². The number of methoxy groups -OCH3 is 1. The summed E-state index contributed by atoms with van der Waals surface area (Å²) in [5.41, 5.74) is 1.33. The van der Waals surface area contributed by atoms with Crippen LogP contribution in [-0.4, -0.2) is 38.7 Å². The third kappa shape index (κ3) is 4.75. The van der Waals surface area contributed by atoms with Gasteiger partial charge in [-0.2, -0.15) is 0 Å². The van der Waals surface area contributed by atoms with E-state index >= 15 is 0 Å². The summed E-state index contributed by atoms with van der Waals surface area (Å²) in [4.78, 5) is 23.4. The van der Waals surface area contributed by atoms with Gasteiger partial charge in [-0.3, -0.25) is 9.59 Å². The molecule has 1 saturated carbocycles. The molecule has 1 heterocycles. The highest BCUT2D eigenvalue weighted by Crippen LogP contribution is 2.58. The molecule has 0 aromatic heterocycles. The van der Waals surface area contributed by atoms with Gasteiger partial charge in [-0.15, -0.1) is 0 Å². The minimum atomic E-state index is -0.221. The van der Waals surface area contributed by atoms with Crippen LogP contribution in [-0.2, 0) is 20.9 Å². The van der Waals surface area contributed by atoms with Crippen molar-refractivity contribution in [1.29, 1.82) is 0 Å². The van der Waals surface area contributed by atoms with Gasteiger partial charge in [-0.05, 0) is 61.9 Å². The Morgan fingerprint density at radius 1 is 1.23 bits per heavy atom. The number of rotatable bonds is 8. The maximum Gasteiger partial charge on any atom is 0.305 e. The van der Waals surface area contributed by atoms with Gasteiger partial charge >= 0.3 is 5.97 Å². The number of amides is 1. The molecule has 142 valence electrons. The molecule has 1 aromatic rings. The molecule has 0 radical (unpaired) electrons. The largest absolute Gasteiger partial charge is 0.494 e. The van der Waals surface area contributed by atoms with Crippen molar-refractivity contribution in [3.63, 3.8) is 0 Å². The van der Waals surface area contributed by atoms with E-state index in [1.54, 1.807) is 0 Å². The summed E-state index contributed by atoms with van der Waals surface area (Å²) in [6, 6.07) is 7.71. The van der Waals surface area contributed by atoms with Crippen molar-refractivity contribution in [3.8, 4) is 5.75 Å². The second-order valence-corrected chi connectivity index (χ2v) is 7.26. The van der Waals surface area contributed by atoms with Gasteiger partial charge in [0.15, 0.2) is 0 Å². The van der Waals surface area contributed by atoms with Crippen LogP contribution in [0.1, 0.15) is 37.7 Å². The summed E-state index contributed by atoms with van der Waals surface area (Å²) < 4.78 is 10.2. The van der Waals surface area contributed by atoms with Crippen LogP contribution in [0, 0.1) is 11.3 Å². The maximum atomic E-state index is 12.4. The average molecular weight is 360 g/mol. The van der Waals surface area contributed by atoms with E-state index in [0.29, 0.717) is 26.0 Å². The van der Waals surface area contributed by atoms with Crippen molar-refractivity contribution in [2.24, 2.45) is 11.3 Å². The van der Waals surface area contributed by atoms with Crippen LogP contribution < -0.4 is 15.4 Å². The Morgan fingerprint density at radius 3 is 2.65 bits per heavy atom. The van der Waals surface area contributed by atoms with Crippen LogP contribution in [0.15, 0.2) is 24.3 Å². The molecule has 1 unspecified atom stereocenters. The number of piperidine rings is 1. The first-order valence-electron chi connectivity index (χ1n) is 9.40. The summed E-state index contributed by atoms with van der Waals surface area (Å²) in [7, 11) is 1.39. The van der Waals surface area contributed by atoms with Gasteiger partial charge in [0.2, 0.25) is 5.91 Å². The minimum Gasteiger partial charge on any atom is -0.494 e. The lowest BCUT2D eigenvalue weighted by atomic mass is 9.92. The zero-order valence-corrected chi connectivity index (χ0v) is 15.4. The number of ether oxygens (including phenoxy) is 2. The number of nitrogens with one attached hydrogen (secondary N) is 2. The fourth-order valence-electron chi connectivity index (χ4n) is 3.72. The molecule has 3 rings (SSSR count). The van der Waals surface area contributed by atoms with E-state index < -0.39 is 0 Å². The van der Waals surface area contributed by atoms with E-state index in [-0.39, 0.29) is 23.2 Å². The van der Waals surface area contributed by atoms with Crippen molar-refractivity contribution in [2.45, 2.75) is 38.6 Å². The van der Waals surface area contributed by atoms with Crippen molar-refractivity contribution >= 4 is 11.9 Å². The van der Waals surface area contributed by atoms with Gasteiger partial charge in [0.25, 0.3) is 0 Å². The smallest absolute Gasteiger partial charge is 0.305 e. The third-order valence-corrected chi connectivity index (χ3v) is 5.52. The standard InChI is InChI=1S/C20H28N2O4/c1-25-18(23)3-2-12-26-16-6-4-15(5-7-16)14-22-19(24)17-13-20(17)8-10-21-11-9-20/h4-7,17,21H,2-3,8-14H2,1H3,(H,22,24). The molecule has 1 aliphatic carbocycles. The molecule has 2 fully saturated rings. The number of hydrogen-bond acceptors (Lipinski definition) is 5. The number of carbonyl (C=O) groups is 2. The van der Waals surface area contributed by atoms with E-state index in [2.05, 4.69) is 15.4 Å². The Morgan fingerprint density at radius 2 is 1.96 bits per heavy atom. The molecular formula is C20H28N2O4. The lowest BCUT2D eigenvalue weighted by Crippen LogP contribution is -2.33. The molecule has 1 aliphatic heterocycles. The fraction of sp³-hybridized carbons (Fsp3) is 0.600. The molecule has 26 heavy (non-hydrogen) atoms. The van der Waals surface area contributed by atoms with Crippen LogP contribution in [0.2, 0.25) is 0 Å². The monoisotopic (exact) mass is 360 g/mol. The molecule has 1 atom stereocenters. The summed E-state index contributed by atoms with van der Waals surface area (Å²) in [5.74, 6) is 0.930. The average Bonchev–Trinajstić information content (AvgIpc) is 3.37. The van der Waals surface area contributed by atoms with E-state index in [0.717, 1.165) is 43.7 Å². The van der Waals surface area contributed by atoms with E-state index in [1.807, 2.05) is 24.3 Å². The van der Waals surface area contributed by atoms with Crippen molar-refractivity contribution in [1.82, 2.24) is 10.6 Å². The van der Waals surface area contributed by atoms with Crippen molar-refractivity contribution < 1.29 is 19.1 Å². The lowest BCUT2D eigenvalue weighted by molar-refractivity contribution is -0.140. The summed E-state index contributed by atoms with van der Waals surface area (Å²) in [6.45, 7) is 3.09. The summed E-state index contributed by atoms with van der Waals surface area (Å²) in [5, 5.41) is 6.43. The zero-order chi connectivity index (χ0) is 18.4. The van der Waals surface area contributed by atoms with Crippen LogP contribution >= 0.6 is 0 Å². The molecule has 2 N–H and O–H groups in total. The highest BCUT2D eigenvalue weighted by Gasteiger charge is 2.57. The first kappa shape index (κ1) is 18.7. The molecule has 6 nitrogen and oxygen atoms in total. The van der Waals surface area contributed by atoms with Crippen LogP contribution in [0.3, 0.4) is 0 Å². The first-order chi connectivity index (χ1) is 12.6. The van der Waals surface area contributed by atoms with Crippen LogP contribution in [0.4, 0.5) is 0 Å². The van der Waals surface area contributed by atoms with Gasteiger partial charge < -0.3 is 20.1 Å². The number of esters is 1. The SMILES string of the molecule is COC(=O)CCCOc1ccc(CNC(=O)C2CC23CCNCC3)cc1. The summed E-state index contributed by atoms with van der Waals surface area (Å²) in [6.07, 6.45) is 4.27. The number of carbonyl (C=O) groups excluding carboxylic acids is 2. The Labute approximate surface area is 154 Å². The Bertz CT molecular complexity index is 623. The minimum absolute atomic E-state index is 0.190. The normalized spacial score (nSPS) is 20.4. The molecular weight excluding hydrogens is 332 g/mol. The van der Waals surface area contributed by atoms with E-state index in [1.165, 1.54) is 7.11 Å². The molecule has 1 saturated heterocycles. The first-order valence-corrected chi connectivity index (χ1v) is 9.40. The van der Waals surface area contributed by atoms with Gasteiger partial charge in [0.1, 0.15) is 5.75 Å². The van der Waals surface area contributed by atoms with Crippen LogP contribution in [0.5, 0.6) is 5.75 Å². The Hall–Kier alpha value is -2.08. The molecule has 1 aromatic carbocycles. The third-order valence-electron chi connectivity index (χ3n) is 5.52. The van der Waals surface area contributed by atoms with Gasteiger partial charge in [0.05, 0.1) is 13.7 Å². The Kier molecular flexibility index (Phi) is 6.14. The van der Waals surface area contributed by atoms with Gasteiger partial charge in [-0.25, -0.2) is 0 Å². The zero-order valence-electron chi connectivity index (χ0n) is 15.4. The quantitative estimate of drug-likeness (QED) is 0.548. The molecule has 1 amide bonds. The molecule has 1 spiro atoms.